The maximum absolute atomic E-state index is 12.8. The second kappa shape index (κ2) is 6.99. The van der Waals surface area contributed by atoms with Crippen LogP contribution in [-0.4, -0.2) is 41.0 Å². The molecule has 10 heteroatoms. The summed E-state index contributed by atoms with van der Waals surface area (Å²) in [4.78, 5) is 12.3. The zero-order valence-electron chi connectivity index (χ0n) is 14.9. The van der Waals surface area contributed by atoms with Crippen molar-refractivity contribution in [1.82, 2.24) is 5.16 Å². The molecular weight excluding hydrogens is 358 g/mol. The average Bonchev–Trinajstić information content (AvgIpc) is 2.84. The molecule has 0 saturated heterocycles. The molecule has 1 amide bonds. The van der Waals surface area contributed by atoms with Crippen molar-refractivity contribution in [1.29, 1.82) is 0 Å². The lowest BCUT2D eigenvalue weighted by Crippen LogP contribution is -2.45. The van der Waals surface area contributed by atoms with Crippen molar-refractivity contribution < 1.29 is 31.6 Å². The number of sulfone groups is 1. The van der Waals surface area contributed by atoms with Crippen LogP contribution in [0.4, 0.5) is 14.7 Å². The Kier molecular flexibility index (Phi) is 6.01. The monoisotopic (exact) mass is 382 g/mol. The number of nitrogens with zero attached hydrogens (tertiary/aromatic N) is 1. The first-order chi connectivity index (χ1) is 11.1. The molecule has 0 unspecified atom stereocenters. The van der Waals surface area contributed by atoms with Gasteiger partial charge in [-0.3, -0.25) is 10.1 Å². The van der Waals surface area contributed by atoms with Crippen LogP contribution in [0.3, 0.4) is 0 Å². The number of rotatable bonds is 8. The molecule has 1 aromatic heterocycles. The maximum Gasteiger partial charge on any atom is 0.247 e. The smallest absolute Gasteiger partial charge is 0.247 e. The largest absolute Gasteiger partial charge is 0.384 e. The van der Waals surface area contributed by atoms with Crippen LogP contribution in [0.15, 0.2) is 10.6 Å². The number of hydrogen-bond donors (Lipinski definition) is 2. The Morgan fingerprint density at radius 2 is 1.84 bits per heavy atom. The molecule has 0 aliphatic heterocycles. The van der Waals surface area contributed by atoms with Crippen LogP contribution in [0.1, 0.15) is 53.2 Å². The quantitative estimate of drug-likeness (QED) is 0.715. The highest BCUT2D eigenvalue weighted by Gasteiger charge is 2.42. The standard InChI is InChI=1S/C15H24F2N2O5S/c1-13(2,21)10-9-11(24-19-10)18-12(20)14(3,4)25(22,23)8-6-7-15(5,16)17/h9,21H,6-8H2,1-5H3,(H,18,20). The molecule has 0 radical (unpaired) electrons. The summed E-state index contributed by atoms with van der Waals surface area (Å²) in [6, 6.07) is 1.28. The summed E-state index contributed by atoms with van der Waals surface area (Å²) in [5.74, 6) is -4.50. The number of halogens is 2. The average molecular weight is 382 g/mol. The summed E-state index contributed by atoms with van der Waals surface area (Å²) >= 11 is 0. The zero-order valence-corrected chi connectivity index (χ0v) is 15.7. The minimum Gasteiger partial charge on any atom is -0.384 e. The third-order valence-electron chi connectivity index (χ3n) is 3.73. The fraction of sp³-hybridized carbons (Fsp3) is 0.733. The van der Waals surface area contributed by atoms with Crippen LogP contribution in [0, 0.1) is 0 Å². The van der Waals surface area contributed by atoms with E-state index in [4.69, 9.17) is 4.52 Å². The van der Waals surface area contributed by atoms with Crippen LogP contribution in [0.5, 0.6) is 0 Å². The minimum atomic E-state index is -3.98. The van der Waals surface area contributed by atoms with Gasteiger partial charge in [-0.2, -0.15) is 0 Å². The first kappa shape index (κ1) is 21.5. The number of carbonyl (C=O) groups is 1. The molecular formula is C15H24F2N2O5S. The van der Waals surface area contributed by atoms with E-state index in [0.29, 0.717) is 6.92 Å². The van der Waals surface area contributed by atoms with Crippen molar-refractivity contribution >= 4 is 21.6 Å². The molecule has 0 spiro atoms. The Morgan fingerprint density at radius 3 is 2.28 bits per heavy atom. The SMILES string of the molecule is CC(F)(F)CCCS(=O)(=O)C(C)(C)C(=O)Nc1cc(C(C)(C)O)no1. The van der Waals surface area contributed by atoms with E-state index in [9.17, 15) is 27.1 Å². The molecule has 25 heavy (non-hydrogen) atoms. The maximum atomic E-state index is 12.8. The second-order valence-corrected chi connectivity index (χ2v) is 9.75. The predicted octanol–water partition coefficient (Wildman–Crippen LogP) is 2.47. The van der Waals surface area contributed by atoms with Gasteiger partial charge in [-0.1, -0.05) is 5.16 Å². The van der Waals surface area contributed by atoms with E-state index in [2.05, 4.69) is 10.5 Å². The van der Waals surface area contributed by atoms with Gasteiger partial charge in [0.1, 0.15) is 16.0 Å². The van der Waals surface area contributed by atoms with E-state index in [1.54, 1.807) is 0 Å². The van der Waals surface area contributed by atoms with Gasteiger partial charge in [0.05, 0.1) is 5.75 Å². The zero-order chi connectivity index (χ0) is 19.7. The third-order valence-corrected chi connectivity index (χ3v) is 6.29. The van der Waals surface area contributed by atoms with Crippen LogP contribution in [-0.2, 0) is 20.2 Å². The first-order valence-corrected chi connectivity index (χ1v) is 9.33. The van der Waals surface area contributed by atoms with Crippen molar-refractivity contribution in [2.24, 2.45) is 0 Å². The summed E-state index contributed by atoms with van der Waals surface area (Å²) in [6.07, 6.45) is -0.839. The highest BCUT2D eigenvalue weighted by atomic mass is 32.2. The molecule has 0 atom stereocenters. The van der Waals surface area contributed by atoms with Crippen molar-refractivity contribution in [3.05, 3.63) is 11.8 Å². The Bertz CT molecular complexity index is 715. The molecule has 1 heterocycles. The number of alkyl halides is 2. The fourth-order valence-electron chi connectivity index (χ4n) is 1.85. The minimum absolute atomic E-state index is 0.120. The van der Waals surface area contributed by atoms with E-state index in [-0.39, 0.29) is 18.0 Å². The molecule has 0 saturated carbocycles. The lowest BCUT2D eigenvalue weighted by molar-refractivity contribution is -0.118. The summed E-state index contributed by atoms with van der Waals surface area (Å²) in [6.45, 7) is 6.02. The molecule has 2 N–H and O–H groups in total. The van der Waals surface area contributed by atoms with Gasteiger partial charge in [0.15, 0.2) is 9.84 Å². The van der Waals surface area contributed by atoms with Gasteiger partial charge in [0, 0.05) is 12.5 Å². The van der Waals surface area contributed by atoms with Gasteiger partial charge in [-0.05, 0) is 41.0 Å². The van der Waals surface area contributed by atoms with Crippen molar-refractivity contribution in [3.8, 4) is 0 Å². The van der Waals surface area contributed by atoms with Crippen molar-refractivity contribution in [3.63, 3.8) is 0 Å². The molecule has 1 rings (SSSR count). The molecule has 0 aliphatic rings. The molecule has 144 valence electrons. The number of anilines is 1. The summed E-state index contributed by atoms with van der Waals surface area (Å²) in [5.41, 5.74) is -1.13. The Morgan fingerprint density at radius 1 is 1.28 bits per heavy atom. The fourth-order valence-corrected chi connectivity index (χ4v) is 3.22. The van der Waals surface area contributed by atoms with Crippen LogP contribution in [0.2, 0.25) is 0 Å². The van der Waals surface area contributed by atoms with Crippen LogP contribution >= 0.6 is 0 Å². The van der Waals surface area contributed by atoms with Crippen LogP contribution in [0.25, 0.3) is 0 Å². The normalized spacial score (nSPS) is 13.8. The lowest BCUT2D eigenvalue weighted by Gasteiger charge is -2.23. The number of carbonyl (C=O) groups excluding carboxylic acids is 1. The third kappa shape index (κ3) is 5.74. The number of nitrogens with one attached hydrogen (secondary N) is 1. The van der Waals surface area contributed by atoms with Crippen molar-refractivity contribution in [2.45, 2.75) is 63.7 Å². The van der Waals surface area contributed by atoms with Gasteiger partial charge in [-0.25, -0.2) is 17.2 Å². The summed E-state index contributed by atoms with van der Waals surface area (Å²) in [7, 11) is -3.98. The Balaban J connectivity index is 2.82. The van der Waals surface area contributed by atoms with Crippen molar-refractivity contribution in [2.75, 3.05) is 11.1 Å². The van der Waals surface area contributed by atoms with Gasteiger partial charge in [0.25, 0.3) is 0 Å². The number of amides is 1. The summed E-state index contributed by atoms with van der Waals surface area (Å²) < 4.78 is 53.3. The Hall–Kier alpha value is -1.55. The Labute approximate surface area is 145 Å². The number of hydrogen-bond acceptors (Lipinski definition) is 6. The van der Waals surface area contributed by atoms with E-state index >= 15 is 0 Å². The molecule has 0 aromatic carbocycles. The van der Waals surface area contributed by atoms with E-state index < -0.39 is 44.2 Å². The van der Waals surface area contributed by atoms with Gasteiger partial charge >= 0.3 is 0 Å². The van der Waals surface area contributed by atoms with Gasteiger partial charge < -0.3 is 9.63 Å². The number of aliphatic hydroxyl groups is 1. The molecule has 7 nitrogen and oxygen atoms in total. The second-order valence-electron chi connectivity index (χ2n) is 7.09. The van der Waals surface area contributed by atoms with E-state index in [1.165, 1.54) is 33.8 Å². The molecule has 0 aliphatic carbocycles. The highest BCUT2D eigenvalue weighted by molar-refractivity contribution is 7.93. The van der Waals surface area contributed by atoms with Gasteiger partial charge in [-0.15, -0.1) is 0 Å². The topological polar surface area (TPSA) is 110 Å². The highest BCUT2D eigenvalue weighted by Crippen LogP contribution is 2.26. The predicted molar refractivity (Wildman–Crippen MR) is 88.1 cm³/mol. The molecule has 1 aromatic rings. The number of aromatic nitrogens is 1. The first-order valence-electron chi connectivity index (χ1n) is 7.67. The summed E-state index contributed by atoms with van der Waals surface area (Å²) in [5, 5.41) is 15.7. The molecule has 0 bridgehead atoms. The van der Waals surface area contributed by atoms with E-state index in [1.807, 2.05) is 0 Å². The van der Waals surface area contributed by atoms with E-state index in [0.717, 1.165) is 0 Å². The van der Waals surface area contributed by atoms with Crippen LogP contribution < -0.4 is 5.32 Å². The molecule has 0 fully saturated rings. The van der Waals surface area contributed by atoms with Gasteiger partial charge in [0.2, 0.25) is 17.7 Å². The lowest BCUT2D eigenvalue weighted by atomic mass is 10.1.